The Labute approximate surface area is 155 Å². The van der Waals surface area contributed by atoms with Gasteiger partial charge in [0.25, 0.3) is 0 Å². The summed E-state index contributed by atoms with van der Waals surface area (Å²) in [5, 5.41) is 4.85. The van der Waals surface area contributed by atoms with Crippen LogP contribution in [0.25, 0.3) is 17.2 Å². The van der Waals surface area contributed by atoms with Crippen molar-refractivity contribution >= 4 is 11.5 Å². The molecule has 1 fully saturated rings. The van der Waals surface area contributed by atoms with Gasteiger partial charge in [-0.25, -0.2) is 18.9 Å². The molecule has 0 radical (unpaired) electrons. The van der Waals surface area contributed by atoms with E-state index in [0.29, 0.717) is 0 Å². The van der Waals surface area contributed by atoms with E-state index in [-0.39, 0.29) is 11.9 Å². The molecule has 1 unspecified atom stereocenters. The third kappa shape index (κ3) is 2.66. The highest BCUT2D eigenvalue weighted by Crippen LogP contribution is 2.35. The number of halogens is 1. The molecule has 4 heterocycles. The summed E-state index contributed by atoms with van der Waals surface area (Å²) in [6.45, 7) is 0.895. The van der Waals surface area contributed by atoms with E-state index in [1.165, 1.54) is 6.07 Å². The van der Waals surface area contributed by atoms with Crippen LogP contribution in [0.4, 0.5) is 10.2 Å². The lowest BCUT2D eigenvalue weighted by atomic mass is 10.0. The monoisotopic (exact) mass is 362 g/mol. The second-order valence-corrected chi connectivity index (χ2v) is 6.87. The summed E-state index contributed by atoms with van der Waals surface area (Å²) in [6.07, 6.45) is 7.50. The highest BCUT2D eigenvalue weighted by molar-refractivity contribution is 5.58. The number of benzene rings is 1. The van der Waals surface area contributed by atoms with Crippen LogP contribution in [-0.4, -0.2) is 30.7 Å². The fraction of sp³-hybridized carbons (Fsp3) is 0.250. The molecule has 27 heavy (non-hydrogen) atoms. The zero-order valence-corrected chi connectivity index (χ0v) is 15.0. The Bertz CT molecular complexity index is 1110. The van der Waals surface area contributed by atoms with Gasteiger partial charge in [-0.3, -0.25) is 0 Å². The average Bonchev–Trinajstić information content (AvgIpc) is 3.40. The molecule has 6 nitrogen and oxygen atoms in total. The molecule has 0 bridgehead atoms. The molecule has 1 saturated heterocycles. The fourth-order valence-corrected chi connectivity index (χ4v) is 3.88. The summed E-state index contributed by atoms with van der Waals surface area (Å²) in [6, 6.07) is 11.0. The van der Waals surface area contributed by atoms with E-state index in [4.69, 9.17) is 5.10 Å². The molecule has 1 atom stereocenters. The summed E-state index contributed by atoms with van der Waals surface area (Å²) >= 11 is 0. The van der Waals surface area contributed by atoms with E-state index >= 15 is 0 Å². The lowest BCUT2D eigenvalue weighted by molar-refractivity contribution is 0.617. The van der Waals surface area contributed by atoms with Crippen LogP contribution in [0.5, 0.6) is 0 Å². The van der Waals surface area contributed by atoms with Gasteiger partial charge in [0.1, 0.15) is 17.3 Å². The lowest BCUT2D eigenvalue weighted by Crippen LogP contribution is -2.24. The first-order valence-electron chi connectivity index (χ1n) is 9.05. The van der Waals surface area contributed by atoms with Gasteiger partial charge in [0.05, 0.1) is 12.2 Å². The Hall–Kier alpha value is -3.22. The van der Waals surface area contributed by atoms with Crippen molar-refractivity contribution in [3.05, 3.63) is 66.4 Å². The van der Waals surface area contributed by atoms with Crippen LogP contribution in [-0.2, 0) is 7.05 Å². The largest absolute Gasteiger partial charge is 0.348 e. The van der Waals surface area contributed by atoms with Crippen molar-refractivity contribution in [2.24, 2.45) is 7.05 Å². The summed E-state index contributed by atoms with van der Waals surface area (Å²) in [7, 11) is 1.95. The van der Waals surface area contributed by atoms with E-state index in [1.807, 2.05) is 40.5 Å². The van der Waals surface area contributed by atoms with Gasteiger partial charge in [0.15, 0.2) is 11.5 Å². The third-order valence-electron chi connectivity index (χ3n) is 5.18. The third-order valence-corrected chi connectivity index (χ3v) is 5.18. The molecule has 136 valence electrons. The number of anilines is 1. The first-order valence-corrected chi connectivity index (χ1v) is 9.05. The second-order valence-electron chi connectivity index (χ2n) is 6.87. The molecule has 5 rings (SSSR count). The molecule has 0 N–H and O–H groups in total. The Morgan fingerprint density at radius 2 is 2.07 bits per heavy atom. The number of hydrogen-bond acceptors (Lipinski definition) is 4. The van der Waals surface area contributed by atoms with Crippen molar-refractivity contribution in [1.29, 1.82) is 0 Å². The zero-order valence-electron chi connectivity index (χ0n) is 15.0. The zero-order chi connectivity index (χ0) is 18.4. The molecule has 0 saturated carbocycles. The van der Waals surface area contributed by atoms with E-state index in [0.717, 1.165) is 47.9 Å². The number of rotatable bonds is 3. The van der Waals surface area contributed by atoms with E-state index in [2.05, 4.69) is 14.9 Å². The smallest absolute Gasteiger partial charge is 0.160 e. The first kappa shape index (κ1) is 16.0. The molecule has 1 aliphatic rings. The maximum absolute atomic E-state index is 13.7. The van der Waals surface area contributed by atoms with Crippen LogP contribution in [0.15, 0.2) is 55.0 Å². The predicted octanol–water partition coefficient (Wildman–Crippen LogP) is 3.61. The lowest BCUT2D eigenvalue weighted by Gasteiger charge is -2.26. The predicted molar refractivity (Wildman–Crippen MR) is 101 cm³/mol. The molecule has 1 aliphatic heterocycles. The van der Waals surface area contributed by atoms with Crippen LogP contribution >= 0.6 is 0 Å². The van der Waals surface area contributed by atoms with Gasteiger partial charge in [-0.2, -0.15) is 0 Å². The number of fused-ring (bicyclic) bond motifs is 1. The average molecular weight is 362 g/mol. The Morgan fingerprint density at radius 3 is 2.89 bits per heavy atom. The van der Waals surface area contributed by atoms with Crippen LogP contribution in [0.2, 0.25) is 0 Å². The molecule has 0 amide bonds. The van der Waals surface area contributed by atoms with Gasteiger partial charge in [0, 0.05) is 26.0 Å². The highest BCUT2D eigenvalue weighted by atomic mass is 19.1. The summed E-state index contributed by atoms with van der Waals surface area (Å²) in [4.78, 5) is 11.1. The normalized spacial score (nSPS) is 17.1. The number of aryl methyl sites for hydroxylation is 1. The van der Waals surface area contributed by atoms with E-state index < -0.39 is 0 Å². The van der Waals surface area contributed by atoms with Crippen LogP contribution in [0.1, 0.15) is 24.4 Å². The quantitative estimate of drug-likeness (QED) is 0.559. The molecule has 3 aromatic heterocycles. The van der Waals surface area contributed by atoms with Crippen molar-refractivity contribution in [2.75, 3.05) is 11.4 Å². The molecule has 4 aromatic rings. The van der Waals surface area contributed by atoms with Gasteiger partial charge < -0.3 is 9.47 Å². The second kappa shape index (κ2) is 6.19. The maximum Gasteiger partial charge on any atom is 0.160 e. The van der Waals surface area contributed by atoms with Crippen molar-refractivity contribution in [2.45, 2.75) is 18.9 Å². The number of imidazole rings is 2. The SMILES string of the molecule is Cn1ccnc1-c1cnc2ccc(N3CCCC3c3cccc(F)c3)nn12. The van der Waals surface area contributed by atoms with Gasteiger partial charge >= 0.3 is 0 Å². The Morgan fingerprint density at radius 1 is 1.15 bits per heavy atom. The minimum Gasteiger partial charge on any atom is -0.348 e. The summed E-state index contributed by atoms with van der Waals surface area (Å²) in [5.74, 6) is 1.48. The highest BCUT2D eigenvalue weighted by Gasteiger charge is 2.28. The minimum absolute atomic E-state index is 0.130. The van der Waals surface area contributed by atoms with Crippen LogP contribution in [0, 0.1) is 5.82 Å². The molecule has 1 aromatic carbocycles. The van der Waals surface area contributed by atoms with Gasteiger partial charge in [-0.05, 0) is 42.7 Å². The van der Waals surface area contributed by atoms with Gasteiger partial charge in [-0.15, -0.1) is 5.10 Å². The maximum atomic E-state index is 13.7. The standard InChI is InChI=1S/C20H19FN6/c1-25-11-9-22-20(25)17-13-23-18-7-8-19(24-27(17)18)26-10-3-6-16(26)14-4-2-5-15(21)12-14/h2,4-5,7-9,11-13,16H,3,6,10H2,1H3. The van der Waals surface area contributed by atoms with E-state index in [9.17, 15) is 4.39 Å². The topological polar surface area (TPSA) is 51.2 Å². The van der Waals surface area contributed by atoms with Crippen LogP contribution < -0.4 is 4.90 Å². The molecule has 0 aliphatic carbocycles. The summed E-state index contributed by atoms with van der Waals surface area (Å²) < 4.78 is 17.5. The van der Waals surface area contributed by atoms with Crippen molar-refractivity contribution in [3.63, 3.8) is 0 Å². The first-order chi connectivity index (χ1) is 13.2. The number of aromatic nitrogens is 5. The summed E-state index contributed by atoms with van der Waals surface area (Å²) in [5.41, 5.74) is 2.61. The molecular weight excluding hydrogens is 343 g/mol. The molecule has 7 heteroatoms. The molecule has 0 spiro atoms. The van der Waals surface area contributed by atoms with Gasteiger partial charge in [0.2, 0.25) is 0 Å². The minimum atomic E-state index is -0.200. The fourth-order valence-electron chi connectivity index (χ4n) is 3.88. The van der Waals surface area contributed by atoms with Crippen molar-refractivity contribution < 1.29 is 4.39 Å². The number of hydrogen-bond donors (Lipinski definition) is 0. The van der Waals surface area contributed by atoms with Crippen LogP contribution in [0.3, 0.4) is 0 Å². The Kier molecular flexibility index (Phi) is 3.67. The van der Waals surface area contributed by atoms with Gasteiger partial charge in [-0.1, -0.05) is 12.1 Å². The van der Waals surface area contributed by atoms with Crippen molar-refractivity contribution in [3.8, 4) is 11.5 Å². The number of nitrogens with zero attached hydrogens (tertiary/aromatic N) is 6. The van der Waals surface area contributed by atoms with Crippen molar-refractivity contribution in [1.82, 2.24) is 24.1 Å². The molecular formula is C20H19FN6. The van der Waals surface area contributed by atoms with E-state index in [1.54, 1.807) is 24.5 Å². The Balaban J connectivity index is 1.57.